The van der Waals surface area contributed by atoms with Crippen molar-refractivity contribution in [2.75, 3.05) is 0 Å². The molecule has 1 atom stereocenters. The summed E-state index contributed by atoms with van der Waals surface area (Å²) in [7, 11) is 0. The summed E-state index contributed by atoms with van der Waals surface area (Å²) in [6, 6.07) is 14.5. The Morgan fingerprint density at radius 1 is 1.18 bits per heavy atom. The van der Waals surface area contributed by atoms with E-state index in [-0.39, 0.29) is 23.8 Å². The van der Waals surface area contributed by atoms with Crippen LogP contribution in [0.3, 0.4) is 0 Å². The maximum Gasteiger partial charge on any atom is 0.274 e. The molecule has 2 aromatic heterocycles. The molecule has 0 aliphatic heterocycles. The van der Waals surface area contributed by atoms with Crippen LogP contribution in [-0.4, -0.2) is 25.3 Å². The topological polar surface area (TPSA) is 72.7 Å². The van der Waals surface area contributed by atoms with Gasteiger partial charge in [-0.15, -0.1) is 0 Å². The number of hydrogen-bond donors (Lipinski definition) is 1. The summed E-state index contributed by atoms with van der Waals surface area (Å²) < 4.78 is 6.06. The summed E-state index contributed by atoms with van der Waals surface area (Å²) in [4.78, 5) is 30.2. The summed E-state index contributed by atoms with van der Waals surface area (Å²) in [5.74, 6) is 0.284. The van der Waals surface area contributed by atoms with Gasteiger partial charge < -0.3 is 10.1 Å². The fourth-order valence-electron chi connectivity index (χ4n) is 3.30. The Kier molecular flexibility index (Phi) is 6.86. The number of halogens is 3. The maximum atomic E-state index is 12.9. The first-order valence-corrected chi connectivity index (χ1v) is 12.1. The van der Waals surface area contributed by atoms with E-state index in [1.165, 1.54) is 11.3 Å². The highest BCUT2D eigenvalue weighted by molar-refractivity contribution is 7.15. The van der Waals surface area contributed by atoms with E-state index in [1.54, 1.807) is 34.7 Å². The van der Waals surface area contributed by atoms with Crippen molar-refractivity contribution in [3.63, 3.8) is 0 Å². The number of carbonyl (C=O) groups is 1. The smallest absolute Gasteiger partial charge is 0.274 e. The fourth-order valence-corrected chi connectivity index (χ4v) is 4.58. The van der Waals surface area contributed by atoms with E-state index in [9.17, 15) is 9.59 Å². The van der Waals surface area contributed by atoms with Crippen LogP contribution in [0.15, 0.2) is 53.3 Å². The van der Waals surface area contributed by atoms with Crippen molar-refractivity contribution >= 4 is 74.1 Å². The average Bonchev–Trinajstić information content (AvgIpc) is 3.24. The SMILES string of the molecule is CC(C)CC(=O)N[C@@H](Oc1ccc(/C=c2\sc3nc4ccccc4n3c2=O)cc1)C(Cl)(Cl)Cl. The van der Waals surface area contributed by atoms with Crippen LogP contribution in [0.2, 0.25) is 0 Å². The normalized spacial score (nSPS) is 13.7. The first kappa shape index (κ1) is 23.8. The van der Waals surface area contributed by atoms with Crippen molar-refractivity contribution in [1.29, 1.82) is 0 Å². The molecule has 0 radical (unpaired) electrons. The predicted octanol–water partition coefficient (Wildman–Crippen LogP) is 4.69. The number of benzene rings is 2. The molecule has 2 aromatic carbocycles. The lowest BCUT2D eigenvalue weighted by molar-refractivity contribution is -0.124. The third-order valence-corrected chi connectivity index (χ3v) is 6.32. The Labute approximate surface area is 208 Å². The molecule has 0 unspecified atom stereocenters. The van der Waals surface area contributed by atoms with Gasteiger partial charge in [0, 0.05) is 6.42 Å². The van der Waals surface area contributed by atoms with Crippen molar-refractivity contribution in [3.05, 3.63) is 69.0 Å². The van der Waals surface area contributed by atoms with Crippen LogP contribution in [-0.2, 0) is 4.79 Å². The van der Waals surface area contributed by atoms with Crippen LogP contribution >= 0.6 is 46.1 Å². The number of nitrogens with zero attached hydrogens (tertiary/aromatic N) is 2. The van der Waals surface area contributed by atoms with Gasteiger partial charge in [0.25, 0.3) is 5.56 Å². The predicted molar refractivity (Wildman–Crippen MR) is 134 cm³/mol. The molecule has 172 valence electrons. The molecule has 4 rings (SSSR count). The van der Waals surface area contributed by atoms with Gasteiger partial charge in [-0.2, -0.15) is 0 Å². The third-order valence-electron chi connectivity index (χ3n) is 4.76. The zero-order valence-electron chi connectivity index (χ0n) is 17.7. The van der Waals surface area contributed by atoms with Gasteiger partial charge in [-0.3, -0.25) is 9.59 Å². The molecule has 0 fully saturated rings. The second-order valence-electron chi connectivity index (χ2n) is 7.91. The van der Waals surface area contributed by atoms with Gasteiger partial charge in [0.05, 0.1) is 15.6 Å². The Morgan fingerprint density at radius 3 is 2.55 bits per heavy atom. The molecule has 0 bridgehead atoms. The zero-order valence-corrected chi connectivity index (χ0v) is 20.8. The number of imidazole rings is 1. The van der Waals surface area contributed by atoms with E-state index in [0.29, 0.717) is 15.2 Å². The van der Waals surface area contributed by atoms with Gasteiger partial charge in [0.2, 0.25) is 15.9 Å². The molecule has 0 saturated heterocycles. The van der Waals surface area contributed by atoms with Crippen LogP contribution in [0.1, 0.15) is 25.8 Å². The molecule has 10 heteroatoms. The van der Waals surface area contributed by atoms with Crippen molar-refractivity contribution in [2.24, 2.45) is 5.92 Å². The molecule has 4 aromatic rings. The lowest BCUT2D eigenvalue weighted by atomic mass is 10.1. The number of amides is 1. The average molecular weight is 525 g/mol. The molecule has 33 heavy (non-hydrogen) atoms. The number of ether oxygens (including phenoxy) is 1. The van der Waals surface area contributed by atoms with E-state index < -0.39 is 10.0 Å². The summed E-state index contributed by atoms with van der Waals surface area (Å²) in [5, 5.41) is 2.61. The minimum absolute atomic E-state index is 0.117. The number of rotatable bonds is 6. The molecule has 0 aliphatic carbocycles. The van der Waals surface area contributed by atoms with Gasteiger partial charge in [0.1, 0.15) is 5.75 Å². The number of nitrogens with one attached hydrogen (secondary N) is 1. The Bertz CT molecular complexity index is 1410. The molecule has 2 heterocycles. The van der Waals surface area contributed by atoms with E-state index in [4.69, 9.17) is 39.5 Å². The van der Waals surface area contributed by atoms with E-state index in [2.05, 4.69) is 10.3 Å². The first-order valence-electron chi connectivity index (χ1n) is 10.2. The number of fused-ring (bicyclic) bond motifs is 3. The van der Waals surface area contributed by atoms with Crippen molar-refractivity contribution in [1.82, 2.24) is 14.7 Å². The maximum absolute atomic E-state index is 12.9. The van der Waals surface area contributed by atoms with Crippen LogP contribution in [0.4, 0.5) is 0 Å². The van der Waals surface area contributed by atoms with Gasteiger partial charge in [0.15, 0.2) is 4.96 Å². The van der Waals surface area contributed by atoms with E-state index in [0.717, 1.165) is 16.6 Å². The van der Waals surface area contributed by atoms with Crippen LogP contribution < -0.4 is 20.1 Å². The Balaban J connectivity index is 1.56. The first-order chi connectivity index (χ1) is 15.6. The monoisotopic (exact) mass is 523 g/mol. The quantitative estimate of drug-likeness (QED) is 0.293. The summed E-state index contributed by atoms with van der Waals surface area (Å²) in [6.45, 7) is 3.84. The molecule has 1 N–H and O–H groups in total. The molecular weight excluding hydrogens is 505 g/mol. The summed E-state index contributed by atoms with van der Waals surface area (Å²) >= 11 is 19.3. The molecule has 1 amide bonds. The number of alkyl halides is 3. The fraction of sp³-hybridized carbons (Fsp3) is 0.261. The summed E-state index contributed by atoms with van der Waals surface area (Å²) in [6.07, 6.45) is 0.915. The molecule has 0 aliphatic rings. The highest BCUT2D eigenvalue weighted by atomic mass is 35.6. The Morgan fingerprint density at radius 2 is 1.88 bits per heavy atom. The van der Waals surface area contributed by atoms with Crippen molar-refractivity contribution in [2.45, 2.75) is 30.3 Å². The second-order valence-corrected chi connectivity index (χ2v) is 11.3. The van der Waals surface area contributed by atoms with Crippen molar-refractivity contribution < 1.29 is 9.53 Å². The van der Waals surface area contributed by atoms with Gasteiger partial charge >= 0.3 is 0 Å². The molecular formula is C23H20Cl3N3O3S. The summed E-state index contributed by atoms with van der Waals surface area (Å²) in [5.41, 5.74) is 2.25. The van der Waals surface area contributed by atoms with Gasteiger partial charge in [-0.1, -0.05) is 84.3 Å². The third kappa shape index (κ3) is 5.44. The van der Waals surface area contributed by atoms with Crippen molar-refractivity contribution in [3.8, 4) is 5.75 Å². The van der Waals surface area contributed by atoms with E-state index in [1.807, 2.05) is 38.1 Å². The molecule has 0 saturated carbocycles. The van der Waals surface area contributed by atoms with Crippen LogP contribution in [0, 0.1) is 5.92 Å². The lowest BCUT2D eigenvalue weighted by Gasteiger charge is -2.26. The minimum atomic E-state index is -1.86. The number of thiazole rings is 1. The standard InChI is InChI=1S/C23H20Cl3N3O3S/c1-13(2)11-19(30)28-21(23(24,25)26)32-15-9-7-14(8-10-15)12-18-20(31)29-17-6-4-3-5-16(17)27-22(29)33-18/h3-10,12-13,21H,11H2,1-2H3,(H,28,30)/b18-12-/t21-/m0/s1. The minimum Gasteiger partial charge on any atom is -0.466 e. The number of hydrogen-bond acceptors (Lipinski definition) is 5. The number of para-hydroxylation sites is 2. The molecule has 0 spiro atoms. The second kappa shape index (κ2) is 9.50. The van der Waals surface area contributed by atoms with Gasteiger partial charge in [-0.05, 0) is 41.8 Å². The van der Waals surface area contributed by atoms with Gasteiger partial charge in [-0.25, -0.2) is 9.38 Å². The number of carbonyl (C=O) groups excluding carboxylic acids is 1. The highest BCUT2D eigenvalue weighted by Gasteiger charge is 2.36. The highest BCUT2D eigenvalue weighted by Crippen LogP contribution is 2.32. The van der Waals surface area contributed by atoms with E-state index >= 15 is 0 Å². The zero-order chi connectivity index (χ0) is 23.8. The number of aromatic nitrogens is 2. The van der Waals surface area contributed by atoms with Crippen LogP contribution in [0.25, 0.3) is 22.1 Å². The molecule has 6 nitrogen and oxygen atoms in total. The largest absolute Gasteiger partial charge is 0.466 e. The Hall–Kier alpha value is -2.32. The lowest BCUT2D eigenvalue weighted by Crippen LogP contribution is -2.48. The van der Waals surface area contributed by atoms with Crippen LogP contribution in [0.5, 0.6) is 5.75 Å².